The highest BCUT2D eigenvalue weighted by Gasteiger charge is 2.41. The van der Waals surface area contributed by atoms with E-state index in [1.54, 1.807) is 0 Å². The van der Waals surface area contributed by atoms with Gasteiger partial charge < -0.3 is 10.6 Å². The van der Waals surface area contributed by atoms with Gasteiger partial charge in [-0.1, -0.05) is 73.5 Å². The minimum atomic E-state index is -0.655. The predicted octanol–water partition coefficient (Wildman–Crippen LogP) is 3.97. The Labute approximate surface area is 227 Å². The number of hydrogen-bond acceptors (Lipinski definition) is 6. The van der Waals surface area contributed by atoms with Crippen molar-refractivity contribution in [3.8, 4) is 0 Å². The first-order chi connectivity index (χ1) is 18.6. The summed E-state index contributed by atoms with van der Waals surface area (Å²) >= 11 is 1.26. The fourth-order valence-corrected chi connectivity index (χ4v) is 5.89. The van der Waals surface area contributed by atoms with E-state index >= 15 is 0 Å². The maximum Gasteiger partial charge on any atom is 0.259 e. The van der Waals surface area contributed by atoms with Crippen molar-refractivity contribution in [2.45, 2.75) is 63.5 Å². The molecule has 8 nitrogen and oxygen atoms in total. The average Bonchev–Trinajstić information content (AvgIpc) is 3.28. The maximum absolute atomic E-state index is 13.4. The number of amidine groups is 2. The number of para-hydroxylation sites is 1. The standard InChI is InChI=1S/C29H33N5O3S/c35-25(30-18-17-20-9-3-1-4-10-20)16-15-24-28(37)34-27(32-24)22-13-7-8-14-23(22)33-29(34)38-19-26(36)31-21-11-5-2-6-12-21/h1,3-4,7-10,13-14,21,24H,2,5-6,11-12,15-19H2,(H,30,35)(H,31,36)/t24-/m1/s1. The van der Waals surface area contributed by atoms with Crippen LogP contribution in [0.5, 0.6) is 0 Å². The van der Waals surface area contributed by atoms with Crippen molar-refractivity contribution in [1.82, 2.24) is 15.5 Å². The van der Waals surface area contributed by atoms with Crippen LogP contribution in [0.15, 0.2) is 64.6 Å². The first-order valence-corrected chi connectivity index (χ1v) is 14.4. The van der Waals surface area contributed by atoms with Crippen LogP contribution in [0.2, 0.25) is 0 Å². The Morgan fingerprint density at radius 2 is 1.74 bits per heavy atom. The van der Waals surface area contributed by atoms with E-state index < -0.39 is 6.04 Å². The maximum atomic E-state index is 13.4. The molecule has 2 aromatic rings. The van der Waals surface area contributed by atoms with Crippen LogP contribution in [0.4, 0.5) is 5.69 Å². The summed E-state index contributed by atoms with van der Waals surface area (Å²) in [6.07, 6.45) is 6.85. The number of benzene rings is 2. The van der Waals surface area contributed by atoms with Gasteiger partial charge in [0, 0.05) is 24.6 Å². The zero-order valence-corrected chi connectivity index (χ0v) is 22.2. The molecule has 0 unspecified atom stereocenters. The van der Waals surface area contributed by atoms with Crippen molar-refractivity contribution in [3.05, 3.63) is 65.7 Å². The number of thioether (sulfide) groups is 1. The zero-order chi connectivity index (χ0) is 26.3. The molecule has 0 radical (unpaired) electrons. The van der Waals surface area contributed by atoms with Crippen LogP contribution >= 0.6 is 11.8 Å². The Balaban J connectivity index is 1.19. The molecule has 2 aliphatic heterocycles. The fraction of sp³-hybridized carbons (Fsp3) is 0.414. The Hall–Kier alpha value is -3.46. The van der Waals surface area contributed by atoms with Crippen LogP contribution in [-0.4, -0.2) is 58.0 Å². The lowest BCUT2D eigenvalue weighted by Gasteiger charge is -2.26. The highest BCUT2D eigenvalue weighted by Crippen LogP contribution is 2.34. The zero-order valence-electron chi connectivity index (χ0n) is 21.4. The van der Waals surface area contributed by atoms with Crippen molar-refractivity contribution in [2.75, 3.05) is 12.3 Å². The minimum absolute atomic E-state index is 0.0442. The number of nitrogens with zero attached hydrogens (tertiary/aromatic N) is 3. The van der Waals surface area contributed by atoms with Gasteiger partial charge in [0.1, 0.15) is 11.9 Å². The molecule has 2 N–H and O–H groups in total. The molecule has 0 saturated heterocycles. The van der Waals surface area contributed by atoms with E-state index in [1.807, 2.05) is 54.6 Å². The Bertz CT molecular complexity index is 1240. The molecule has 9 heteroatoms. The average molecular weight is 532 g/mol. The molecule has 1 saturated carbocycles. The molecule has 5 rings (SSSR count). The first kappa shape index (κ1) is 26.2. The van der Waals surface area contributed by atoms with Gasteiger partial charge in [-0.25, -0.2) is 9.89 Å². The van der Waals surface area contributed by atoms with E-state index in [0.717, 1.165) is 48.9 Å². The fourth-order valence-electron chi connectivity index (χ4n) is 5.08. The summed E-state index contributed by atoms with van der Waals surface area (Å²) in [6.45, 7) is 0.547. The largest absolute Gasteiger partial charge is 0.356 e. The van der Waals surface area contributed by atoms with Crippen LogP contribution in [0, 0.1) is 0 Å². The molecule has 38 heavy (non-hydrogen) atoms. The van der Waals surface area contributed by atoms with Gasteiger partial charge in [0.25, 0.3) is 5.91 Å². The molecule has 198 valence electrons. The summed E-state index contributed by atoms with van der Waals surface area (Å²) < 4.78 is 0. The second-order valence-corrected chi connectivity index (χ2v) is 10.8. The number of carbonyl (C=O) groups excluding carboxylic acids is 3. The molecule has 1 fully saturated rings. The Morgan fingerprint density at radius 1 is 0.974 bits per heavy atom. The summed E-state index contributed by atoms with van der Waals surface area (Å²) in [4.78, 5) is 49.5. The molecular formula is C29H33N5O3S. The van der Waals surface area contributed by atoms with Gasteiger partial charge in [0.15, 0.2) is 5.17 Å². The van der Waals surface area contributed by atoms with E-state index in [0.29, 0.717) is 24.0 Å². The van der Waals surface area contributed by atoms with Crippen LogP contribution in [0.3, 0.4) is 0 Å². The van der Waals surface area contributed by atoms with Crippen LogP contribution in [-0.2, 0) is 20.8 Å². The monoisotopic (exact) mass is 531 g/mol. The number of amides is 3. The van der Waals surface area contributed by atoms with E-state index in [4.69, 9.17) is 9.98 Å². The number of fused-ring (bicyclic) bond motifs is 3. The third-order valence-electron chi connectivity index (χ3n) is 7.07. The van der Waals surface area contributed by atoms with Gasteiger partial charge in [-0.15, -0.1) is 0 Å². The van der Waals surface area contributed by atoms with Gasteiger partial charge in [-0.3, -0.25) is 19.4 Å². The second kappa shape index (κ2) is 12.4. The quantitative estimate of drug-likeness (QED) is 0.511. The van der Waals surface area contributed by atoms with Crippen LogP contribution in [0.1, 0.15) is 56.1 Å². The molecule has 1 atom stereocenters. The lowest BCUT2D eigenvalue weighted by Crippen LogP contribution is -2.42. The van der Waals surface area contributed by atoms with E-state index in [2.05, 4.69) is 10.6 Å². The van der Waals surface area contributed by atoms with E-state index in [-0.39, 0.29) is 35.9 Å². The van der Waals surface area contributed by atoms with Crippen molar-refractivity contribution in [1.29, 1.82) is 0 Å². The normalized spacial score (nSPS) is 18.8. The number of hydrogen-bond donors (Lipinski definition) is 2. The molecule has 0 bridgehead atoms. The topological polar surface area (TPSA) is 103 Å². The van der Waals surface area contributed by atoms with Gasteiger partial charge in [-0.05, 0) is 43.4 Å². The molecular weight excluding hydrogens is 498 g/mol. The van der Waals surface area contributed by atoms with Gasteiger partial charge >= 0.3 is 0 Å². The van der Waals surface area contributed by atoms with Crippen LogP contribution in [0.25, 0.3) is 0 Å². The SMILES string of the molecule is O=C(CC[C@H]1N=C2c3ccccc3N=C(SCC(=O)NC3CCCCC3)N2C1=O)NCCc1ccccc1. The molecule has 1 aliphatic carbocycles. The highest BCUT2D eigenvalue weighted by atomic mass is 32.2. The second-order valence-electron chi connectivity index (χ2n) is 9.87. The predicted molar refractivity (Wildman–Crippen MR) is 151 cm³/mol. The summed E-state index contributed by atoms with van der Waals surface area (Å²) in [5, 5.41) is 6.52. The smallest absolute Gasteiger partial charge is 0.259 e. The van der Waals surface area contributed by atoms with Crippen LogP contribution < -0.4 is 10.6 Å². The third-order valence-corrected chi connectivity index (χ3v) is 8.01. The summed E-state index contributed by atoms with van der Waals surface area (Å²) in [6, 6.07) is 17.1. The molecule has 2 aromatic carbocycles. The van der Waals surface area contributed by atoms with Gasteiger partial charge in [0.05, 0.1) is 11.4 Å². The highest BCUT2D eigenvalue weighted by molar-refractivity contribution is 8.14. The number of carbonyl (C=O) groups is 3. The number of nitrogens with one attached hydrogen (secondary N) is 2. The van der Waals surface area contributed by atoms with Crippen molar-refractivity contribution < 1.29 is 14.4 Å². The molecule has 0 spiro atoms. The van der Waals surface area contributed by atoms with Crippen molar-refractivity contribution in [2.24, 2.45) is 9.98 Å². The summed E-state index contributed by atoms with van der Waals surface area (Å²) in [7, 11) is 0. The number of aliphatic imine (C=N–C) groups is 2. The van der Waals surface area contributed by atoms with E-state index in [9.17, 15) is 14.4 Å². The van der Waals surface area contributed by atoms with Gasteiger partial charge in [0.2, 0.25) is 11.8 Å². The Kier molecular flexibility index (Phi) is 8.53. The number of rotatable bonds is 9. The van der Waals surface area contributed by atoms with E-state index in [1.165, 1.54) is 23.1 Å². The van der Waals surface area contributed by atoms with Gasteiger partial charge in [-0.2, -0.15) is 0 Å². The summed E-state index contributed by atoms with van der Waals surface area (Å²) in [5.74, 6) is 0.387. The van der Waals surface area contributed by atoms with Crippen molar-refractivity contribution >= 4 is 46.2 Å². The minimum Gasteiger partial charge on any atom is -0.356 e. The van der Waals surface area contributed by atoms with Crippen molar-refractivity contribution in [3.63, 3.8) is 0 Å². The lowest BCUT2D eigenvalue weighted by atomic mass is 9.95. The molecule has 0 aromatic heterocycles. The molecule has 3 aliphatic rings. The molecule has 3 amide bonds. The lowest BCUT2D eigenvalue weighted by molar-refractivity contribution is -0.125. The Morgan fingerprint density at radius 3 is 2.55 bits per heavy atom. The molecule has 2 heterocycles. The third kappa shape index (κ3) is 6.32. The summed E-state index contributed by atoms with van der Waals surface area (Å²) in [5.41, 5.74) is 2.67. The first-order valence-electron chi connectivity index (χ1n) is 13.4.